The smallest absolute Gasteiger partial charge is 0.271 e. The summed E-state index contributed by atoms with van der Waals surface area (Å²) < 4.78 is 0. The van der Waals surface area contributed by atoms with Crippen LogP contribution in [0, 0.1) is 0 Å². The highest BCUT2D eigenvalue weighted by atomic mass is 16.1. The van der Waals surface area contributed by atoms with E-state index < -0.39 is 0 Å². The zero-order chi connectivity index (χ0) is 15.9. The lowest BCUT2D eigenvalue weighted by molar-refractivity contribution is 0.0936. The lowest BCUT2D eigenvalue weighted by Gasteiger charge is -2.24. The number of amides is 1. The summed E-state index contributed by atoms with van der Waals surface area (Å²) in [7, 11) is 4.06. The van der Waals surface area contributed by atoms with Gasteiger partial charge < -0.3 is 10.2 Å². The summed E-state index contributed by atoms with van der Waals surface area (Å²) in [6.45, 7) is 2.62. The summed E-state index contributed by atoms with van der Waals surface area (Å²) in [6, 6.07) is 12.4. The van der Waals surface area contributed by atoms with E-state index in [9.17, 15) is 4.79 Å². The van der Waals surface area contributed by atoms with Crippen LogP contribution in [-0.4, -0.2) is 47.7 Å². The van der Waals surface area contributed by atoms with Crippen LogP contribution in [0.5, 0.6) is 0 Å². The first kappa shape index (κ1) is 16.2. The van der Waals surface area contributed by atoms with Gasteiger partial charge in [0.25, 0.3) is 5.91 Å². The van der Waals surface area contributed by atoms with Gasteiger partial charge in [0.15, 0.2) is 0 Å². The Balaban J connectivity index is 1.92. The number of H-pyrrole nitrogens is 1. The minimum absolute atomic E-state index is 0.129. The third kappa shape index (κ3) is 4.43. The van der Waals surface area contributed by atoms with E-state index in [-0.39, 0.29) is 11.9 Å². The third-order valence-electron chi connectivity index (χ3n) is 3.79. The number of benzene rings is 1. The number of carbonyl (C=O) groups excluding carboxylic acids is 1. The second-order valence-corrected chi connectivity index (χ2v) is 5.65. The predicted octanol–water partition coefficient (Wildman–Crippen LogP) is 1.87. The molecule has 2 rings (SSSR count). The molecular weight excluding hydrogens is 276 g/mol. The molecule has 0 aliphatic carbocycles. The Bertz CT molecular complexity index is 592. The van der Waals surface area contributed by atoms with E-state index in [2.05, 4.69) is 32.5 Å². The molecule has 0 saturated carbocycles. The molecule has 2 N–H and O–H groups in total. The van der Waals surface area contributed by atoms with Gasteiger partial charge in [-0.2, -0.15) is 5.10 Å². The fraction of sp³-hybridized carbons (Fsp3) is 0.412. The van der Waals surface area contributed by atoms with Crippen LogP contribution < -0.4 is 5.32 Å². The number of aromatic nitrogens is 2. The molecule has 1 aromatic carbocycles. The van der Waals surface area contributed by atoms with Crippen LogP contribution in [0.4, 0.5) is 0 Å². The van der Waals surface area contributed by atoms with Crippen LogP contribution in [0.3, 0.4) is 0 Å². The Morgan fingerprint density at radius 2 is 2.05 bits per heavy atom. The summed E-state index contributed by atoms with van der Waals surface area (Å²) in [5.74, 6) is -0.129. The van der Waals surface area contributed by atoms with Gasteiger partial charge in [-0.15, -0.1) is 0 Å². The van der Waals surface area contributed by atoms with Crippen LogP contribution in [0.25, 0.3) is 0 Å². The van der Waals surface area contributed by atoms with Crippen molar-refractivity contribution >= 4 is 5.91 Å². The minimum atomic E-state index is -0.129. The standard InChI is InChI=1S/C17H24N4O/c1-4-14-11-16(20-19-14)17(22)18-12-15(21(2)3)10-13-8-6-5-7-9-13/h5-9,11,15H,4,10,12H2,1-3H3,(H,18,22)(H,19,20). The van der Waals surface area contributed by atoms with Crippen molar-refractivity contribution in [3.8, 4) is 0 Å². The maximum absolute atomic E-state index is 12.1. The molecule has 5 heteroatoms. The van der Waals surface area contributed by atoms with Crippen LogP contribution >= 0.6 is 0 Å². The van der Waals surface area contributed by atoms with E-state index in [1.807, 2.05) is 39.2 Å². The van der Waals surface area contributed by atoms with Gasteiger partial charge in [0.2, 0.25) is 0 Å². The molecule has 1 unspecified atom stereocenters. The summed E-state index contributed by atoms with van der Waals surface area (Å²) in [6.07, 6.45) is 1.74. The number of aryl methyl sites for hydroxylation is 1. The molecule has 22 heavy (non-hydrogen) atoms. The molecule has 0 radical (unpaired) electrons. The Labute approximate surface area is 131 Å². The zero-order valence-electron chi connectivity index (χ0n) is 13.5. The van der Waals surface area contributed by atoms with Crippen molar-refractivity contribution in [2.75, 3.05) is 20.6 Å². The maximum Gasteiger partial charge on any atom is 0.271 e. The van der Waals surface area contributed by atoms with E-state index in [1.54, 1.807) is 6.07 Å². The van der Waals surface area contributed by atoms with Crippen molar-refractivity contribution in [3.05, 3.63) is 53.3 Å². The monoisotopic (exact) mass is 300 g/mol. The van der Waals surface area contributed by atoms with Crippen molar-refractivity contribution in [3.63, 3.8) is 0 Å². The molecule has 0 fully saturated rings. The lowest BCUT2D eigenvalue weighted by Crippen LogP contribution is -2.41. The zero-order valence-corrected chi connectivity index (χ0v) is 13.5. The highest BCUT2D eigenvalue weighted by Crippen LogP contribution is 2.07. The van der Waals surface area contributed by atoms with Gasteiger partial charge in [-0.25, -0.2) is 0 Å². The van der Waals surface area contributed by atoms with Crippen LogP contribution in [0.2, 0.25) is 0 Å². The van der Waals surface area contributed by atoms with Gasteiger partial charge >= 0.3 is 0 Å². The van der Waals surface area contributed by atoms with E-state index >= 15 is 0 Å². The first-order valence-electron chi connectivity index (χ1n) is 7.63. The van der Waals surface area contributed by atoms with Crippen molar-refractivity contribution in [2.24, 2.45) is 0 Å². The normalized spacial score (nSPS) is 12.4. The van der Waals surface area contributed by atoms with Crippen molar-refractivity contribution in [1.82, 2.24) is 20.4 Å². The van der Waals surface area contributed by atoms with Gasteiger partial charge in [-0.3, -0.25) is 9.89 Å². The average Bonchev–Trinajstić information content (AvgIpc) is 3.01. The van der Waals surface area contributed by atoms with Crippen LogP contribution in [-0.2, 0) is 12.8 Å². The van der Waals surface area contributed by atoms with Crippen LogP contribution in [0.1, 0.15) is 28.7 Å². The molecule has 2 aromatic rings. The fourth-order valence-electron chi connectivity index (χ4n) is 2.28. The van der Waals surface area contributed by atoms with E-state index in [0.29, 0.717) is 12.2 Å². The molecule has 1 heterocycles. The number of nitrogens with one attached hydrogen (secondary N) is 2. The Morgan fingerprint density at radius 1 is 1.32 bits per heavy atom. The molecule has 1 amide bonds. The number of carbonyl (C=O) groups is 1. The predicted molar refractivity (Wildman–Crippen MR) is 87.9 cm³/mol. The Hall–Kier alpha value is -2.14. The largest absolute Gasteiger partial charge is 0.349 e. The third-order valence-corrected chi connectivity index (χ3v) is 3.79. The van der Waals surface area contributed by atoms with Crippen molar-refractivity contribution in [1.29, 1.82) is 0 Å². The van der Waals surface area contributed by atoms with Gasteiger partial charge in [0.05, 0.1) is 0 Å². The maximum atomic E-state index is 12.1. The Morgan fingerprint density at radius 3 is 2.64 bits per heavy atom. The summed E-state index contributed by atoms with van der Waals surface area (Å²) in [5, 5.41) is 9.88. The molecule has 0 saturated heterocycles. The van der Waals surface area contributed by atoms with Crippen molar-refractivity contribution in [2.45, 2.75) is 25.8 Å². The lowest BCUT2D eigenvalue weighted by atomic mass is 10.1. The SMILES string of the molecule is CCc1cc(C(=O)NCC(Cc2ccccc2)N(C)C)n[nH]1. The molecule has 118 valence electrons. The average molecular weight is 300 g/mol. The first-order valence-corrected chi connectivity index (χ1v) is 7.63. The minimum Gasteiger partial charge on any atom is -0.349 e. The van der Waals surface area contributed by atoms with E-state index in [4.69, 9.17) is 0 Å². The molecule has 1 atom stereocenters. The number of hydrogen-bond acceptors (Lipinski definition) is 3. The summed E-state index contributed by atoms with van der Waals surface area (Å²) >= 11 is 0. The van der Waals surface area contributed by atoms with Gasteiger partial charge in [0, 0.05) is 18.3 Å². The molecule has 1 aromatic heterocycles. The van der Waals surface area contributed by atoms with E-state index in [0.717, 1.165) is 18.5 Å². The van der Waals surface area contributed by atoms with Gasteiger partial charge in [-0.05, 0) is 38.6 Å². The molecule has 0 aliphatic rings. The van der Waals surface area contributed by atoms with Gasteiger partial charge in [0.1, 0.15) is 5.69 Å². The van der Waals surface area contributed by atoms with Crippen molar-refractivity contribution < 1.29 is 4.79 Å². The first-order chi connectivity index (χ1) is 10.6. The second-order valence-electron chi connectivity index (χ2n) is 5.65. The topological polar surface area (TPSA) is 61.0 Å². The fourth-order valence-corrected chi connectivity index (χ4v) is 2.28. The number of hydrogen-bond donors (Lipinski definition) is 2. The number of likely N-dealkylation sites (N-methyl/N-ethyl adjacent to an activating group) is 1. The molecule has 0 bridgehead atoms. The summed E-state index contributed by atoms with van der Waals surface area (Å²) in [5.41, 5.74) is 2.69. The molecule has 0 aliphatic heterocycles. The number of rotatable bonds is 7. The Kier molecular flexibility index (Phi) is 5.72. The number of aromatic amines is 1. The molecule has 5 nitrogen and oxygen atoms in total. The molecule has 0 spiro atoms. The van der Waals surface area contributed by atoms with E-state index in [1.165, 1.54) is 5.56 Å². The van der Waals surface area contributed by atoms with Crippen LogP contribution in [0.15, 0.2) is 36.4 Å². The molecular formula is C17H24N4O. The highest BCUT2D eigenvalue weighted by Gasteiger charge is 2.15. The highest BCUT2D eigenvalue weighted by molar-refractivity contribution is 5.92. The van der Waals surface area contributed by atoms with Gasteiger partial charge in [-0.1, -0.05) is 37.3 Å². The quantitative estimate of drug-likeness (QED) is 0.820. The second kappa shape index (κ2) is 7.75. The number of nitrogens with zero attached hydrogens (tertiary/aromatic N) is 2. The summed E-state index contributed by atoms with van der Waals surface area (Å²) in [4.78, 5) is 14.3.